The van der Waals surface area contributed by atoms with E-state index in [1.54, 1.807) is 0 Å². The zero-order valence-corrected chi connectivity index (χ0v) is 25.6. The van der Waals surface area contributed by atoms with E-state index in [1.165, 1.54) is 42.2 Å². The standard InChI is InChI=1S/C40H27N3OS/c1-24-29-14-6-7-15-30(29)35-32-17-9-11-19-34(32)45-39(35)38(24)43(27-12-4-3-5-13-27)28-22-20-26(21-23-28)37-36-31-16-8-10-18-33(31)44-40(36)42-25(2)41-37/h3-23H,1-2H3. The van der Waals surface area contributed by atoms with Crippen molar-refractivity contribution in [2.24, 2.45) is 0 Å². The largest absolute Gasteiger partial charge is 0.438 e. The van der Waals surface area contributed by atoms with Gasteiger partial charge in [0.2, 0.25) is 5.71 Å². The zero-order valence-electron chi connectivity index (χ0n) is 24.8. The minimum atomic E-state index is 0.618. The third-order valence-electron chi connectivity index (χ3n) is 8.75. The fourth-order valence-electron chi connectivity index (χ4n) is 6.77. The molecule has 0 N–H and O–H groups in total. The van der Waals surface area contributed by atoms with Gasteiger partial charge in [0.1, 0.15) is 11.4 Å². The Kier molecular flexibility index (Phi) is 5.77. The molecule has 0 amide bonds. The van der Waals surface area contributed by atoms with Crippen LogP contribution in [0.15, 0.2) is 132 Å². The van der Waals surface area contributed by atoms with Crippen LogP contribution >= 0.6 is 11.3 Å². The molecule has 0 atom stereocenters. The Hall–Kier alpha value is -5.52. The van der Waals surface area contributed by atoms with Gasteiger partial charge in [-0.15, -0.1) is 11.3 Å². The monoisotopic (exact) mass is 597 g/mol. The minimum absolute atomic E-state index is 0.618. The predicted molar refractivity (Wildman–Crippen MR) is 189 cm³/mol. The number of anilines is 3. The molecule has 0 radical (unpaired) electrons. The molecule has 0 bridgehead atoms. The van der Waals surface area contributed by atoms with E-state index in [4.69, 9.17) is 9.40 Å². The summed E-state index contributed by atoms with van der Waals surface area (Å²) >= 11 is 1.87. The first-order valence-electron chi connectivity index (χ1n) is 15.1. The number of nitrogens with zero attached hydrogens (tertiary/aromatic N) is 3. The van der Waals surface area contributed by atoms with Crippen LogP contribution < -0.4 is 4.90 Å². The van der Waals surface area contributed by atoms with Gasteiger partial charge >= 0.3 is 0 Å². The molecule has 0 aliphatic carbocycles. The number of para-hydroxylation sites is 2. The Balaban J connectivity index is 1.30. The van der Waals surface area contributed by atoms with Gasteiger partial charge < -0.3 is 9.32 Å². The lowest BCUT2D eigenvalue weighted by Gasteiger charge is -2.28. The summed E-state index contributed by atoms with van der Waals surface area (Å²) in [6.07, 6.45) is 0. The third-order valence-corrected chi connectivity index (χ3v) is 9.93. The summed E-state index contributed by atoms with van der Waals surface area (Å²) in [4.78, 5) is 11.9. The maximum absolute atomic E-state index is 6.13. The smallest absolute Gasteiger partial charge is 0.231 e. The van der Waals surface area contributed by atoms with E-state index < -0.39 is 0 Å². The highest BCUT2D eigenvalue weighted by atomic mass is 32.1. The molecule has 9 aromatic rings. The van der Waals surface area contributed by atoms with E-state index in [1.807, 2.05) is 36.5 Å². The van der Waals surface area contributed by atoms with Crippen LogP contribution in [0.4, 0.5) is 17.1 Å². The van der Waals surface area contributed by atoms with Crippen LogP contribution in [0.5, 0.6) is 0 Å². The highest BCUT2D eigenvalue weighted by molar-refractivity contribution is 7.26. The zero-order chi connectivity index (χ0) is 30.1. The van der Waals surface area contributed by atoms with Gasteiger partial charge in [-0.1, -0.05) is 91.0 Å². The first kappa shape index (κ1) is 25.9. The molecular formula is C40H27N3OS. The summed E-state index contributed by atoms with van der Waals surface area (Å²) in [5.74, 6) is 0.686. The van der Waals surface area contributed by atoms with Crippen LogP contribution in [0, 0.1) is 13.8 Å². The van der Waals surface area contributed by atoms with Gasteiger partial charge in [0, 0.05) is 37.8 Å². The van der Waals surface area contributed by atoms with Crippen LogP contribution in [0.3, 0.4) is 0 Å². The number of rotatable bonds is 4. The Bertz CT molecular complexity index is 2560. The van der Waals surface area contributed by atoms with Crippen molar-refractivity contribution in [1.29, 1.82) is 0 Å². The SMILES string of the molecule is Cc1nc(-c2ccc(N(c3ccccc3)c3c(C)c4ccccc4c4c3sc3ccccc34)cc2)c2c(n1)oc1ccccc12. The summed E-state index contributed by atoms with van der Waals surface area (Å²) in [5.41, 5.74) is 8.02. The van der Waals surface area contributed by atoms with Crippen LogP contribution in [0.2, 0.25) is 0 Å². The molecule has 0 fully saturated rings. The number of benzene rings is 6. The molecule has 214 valence electrons. The van der Waals surface area contributed by atoms with Crippen molar-refractivity contribution in [3.05, 3.63) is 139 Å². The number of aromatic nitrogens is 2. The molecule has 6 aromatic carbocycles. The van der Waals surface area contributed by atoms with Crippen molar-refractivity contribution in [3.63, 3.8) is 0 Å². The molecule has 0 aliphatic heterocycles. The predicted octanol–water partition coefficient (Wildman–Crippen LogP) is 11.7. The second kappa shape index (κ2) is 10.0. The van der Waals surface area contributed by atoms with Gasteiger partial charge in [-0.2, -0.15) is 4.98 Å². The molecular weight excluding hydrogens is 571 g/mol. The maximum Gasteiger partial charge on any atom is 0.231 e. The van der Waals surface area contributed by atoms with Gasteiger partial charge in [-0.05, 0) is 66.6 Å². The molecule has 0 unspecified atom stereocenters. The second-order valence-electron chi connectivity index (χ2n) is 11.4. The molecule has 45 heavy (non-hydrogen) atoms. The van der Waals surface area contributed by atoms with E-state index in [-0.39, 0.29) is 0 Å². The average Bonchev–Trinajstić information content (AvgIpc) is 3.65. The van der Waals surface area contributed by atoms with E-state index in [0.29, 0.717) is 11.5 Å². The minimum Gasteiger partial charge on any atom is -0.438 e. The fourth-order valence-corrected chi connectivity index (χ4v) is 8.08. The second-order valence-corrected chi connectivity index (χ2v) is 12.5. The number of thiophene rings is 1. The molecule has 5 heteroatoms. The van der Waals surface area contributed by atoms with Gasteiger partial charge in [-0.3, -0.25) is 0 Å². The van der Waals surface area contributed by atoms with Crippen molar-refractivity contribution in [3.8, 4) is 11.3 Å². The molecule has 3 heterocycles. The number of aryl methyl sites for hydroxylation is 2. The molecule has 0 saturated heterocycles. The Morgan fingerprint density at radius 2 is 1.22 bits per heavy atom. The van der Waals surface area contributed by atoms with Gasteiger partial charge in [0.05, 0.1) is 21.5 Å². The highest BCUT2D eigenvalue weighted by Crippen LogP contribution is 2.50. The van der Waals surface area contributed by atoms with E-state index in [0.717, 1.165) is 39.0 Å². The van der Waals surface area contributed by atoms with Crippen molar-refractivity contribution in [1.82, 2.24) is 9.97 Å². The Morgan fingerprint density at radius 3 is 2.02 bits per heavy atom. The normalized spacial score (nSPS) is 11.8. The molecule has 0 saturated carbocycles. The maximum atomic E-state index is 6.13. The Labute approximate surface area is 263 Å². The summed E-state index contributed by atoms with van der Waals surface area (Å²) in [7, 11) is 0. The highest BCUT2D eigenvalue weighted by Gasteiger charge is 2.24. The summed E-state index contributed by atoms with van der Waals surface area (Å²) in [6, 6.07) is 45.1. The molecule has 3 aromatic heterocycles. The summed E-state index contributed by atoms with van der Waals surface area (Å²) in [5, 5.41) is 7.15. The fraction of sp³-hybridized carbons (Fsp3) is 0.0500. The number of fused-ring (bicyclic) bond motifs is 8. The lowest BCUT2D eigenvalue weighted by Crippen LogP contribution is -2.11. The summed E-state index contributed by atoms with van der Waals surface area (Å²) in [6.45, 7) is 4.18. The van der Waals surface area contributed by atoms with E-state index >= 15 is 0 Å². The first-order chi connectivity index (χ1) is 22.2. The summed E-state index contributed by atoms with van der Waals surface area (Å²) < 4.78 is 8.71. The third kappa shape index (κ3) is 3.98. The van der Waals surface area contributed by atoms with E-state index in [9.17, 15) is 0 Å². The van der Waals surface area contributed by atoms with Crippen molar-refractivity contribution >= 4 is 81.4 Å². The van der Waals surface area contributed by atoms with Crippen LogP contribution in [0.1, 0.15) is 11.4 Å². The van der Waals surface area contributed by atoms with Gasteiger partial charge in [0.25, 0.3) is 0 Å². The molecule has 4 nitrogen and oxygen atoms in total. The van der Waals surface area contributed by atoms with Gasteiger partial charge in [0.15, 0.2) is 0 Å². The molecule has 0 spiro atoms. The molecule has 0 aliphatic rings. The average molecular weight is 598 g/mol. The lowest BCUT2D eigenvalue weighted by molar-refractivity contribution is 0.651. The number of hydrogen-bond acceptors (Lipinski definition) is 5. The molecule has 9 rings (SSSR count). The van der Waals surface area contributed by atoms with Crippen LogP contribution in [0.25, 0.3) is 64.3 Å². The quantitative estimate of drug-likeness (QED) is 0.202. The first-order valence-corrected chi connectivity index (χ1v) is 15.9. The van der Waals surface area contributed by atoms with Gasteiger partial charge in [-0.25, -0.2) is 4.98 Å². The number of furan rings is 1. The van der Waals surface area contributed by atoms with Crippen molar-refractivity contribution in [2.45, 2.75) is 13.8 Å². The van der Waals surface area contributed by atoms with Crippen molar-refractivity contribution < 1.29 is 4.42 Å². The topological polar surface area (TPSA) is 42.2 Å². The van der Waals surface area contributed by atoms with Crippen molar-refractivity contribution in [2.75, 3.05) is 4.90 Å². The lowest BCUT2D eigenvalue weighted by atomic mass is 9.97. The number of hydrogen-bond donors (Lipinski definition) is 0. The Morgan fingerprint density at radius 1 is 0.578 bits per heavy atom. The van der Waals surface area contributed by atoms with Crippen LogP contribution in [-0.2, 0) is 0 Å². The van der Waals surface area contributed by atoms with E-state index in [2.05, 4.69) is 126 Å². The van der Waals surface area contributed by atoms with Crippen LogP contribution in [-0.4, -0.2) is 9.97 Å².